The number of rotatable bonds is 6. The highest BCUT2D eigenvalue weighted by atomic mass is 32.2. The molecule has 0 radical (unpaired) electrons. The minimum atomic E-state index is -0.931. The van der Waals surface area contributed by atoms with Crippen molar-refractivity contribution in [3.8, 4) is 5.75 Å². The van der Waals surface area contributed by atoms with E-state index < -0.39 is 17.2 Å². The predicted octanol–water partition coefficient (Wildman–Crippen LogP) is 2.83. The summed E-state index contributed by atoms with van der Waals surface area (Å²) >= 11 is 0.991. The van der Waals surface area contributed by atoms with Gasteiger partial charge in [-0.3, -0.25) is 14.9 Å². The van der Waals surface area contributed by atoms with Gasteiger partial charge < -0.3 is 9.84 Å². The number of carbonyl (C=O) groups is 2. The Morgan fingerprint density at radius 2 is 1.96 bits per heavy atom. The fourth-order valence-corrected chi connectivity index (χ4v) is 3.31. The van der Waals surface area contributed by atoms with Crippen molar-refractivity contribution >= 4 is 22.9 Å². The van der Waals surface area contributed by atoms with E-state index >= 15 is 0 Å². The van der Waals surface area contributed by atoms with Gasteiger partial charge in [0.15, 0.2) is 0 Å². The number of hydrogen-bond acceptors (Lipinski definition) is 5. The maximum Gasteiger partial charge on any atom is 0.286 e. The molecule has 2 aromatic rings. The second-order valence-electron chi connectivity index (χ2n) is 5.61. The summed E-state index contributed by atoms with van der Waals surface area (Å²) in [6.45, 7) is -0.00180. The van der Waals surface area contributed by atoms with Gasteiger partial charge >= 0.3 is 0 Å². The normalized spacial score (nSPS) is 18.1. The van der Waals surface area contributed by atoms with Crippen LogP contribution in [0, 0.1) is 5.82 Å². The molecule has 25 heavy (non-hydrogen) atoms. The maximum atomic E-state index is 13.2. The van der Waals surface area contributed by atoms with Gasteiger partial charge in [0.25, 0.3) is 5.24 Å². The first-order valence-electron chi connectivity index (χ1n) is 7.68. The molecule has 2 N–H and O–H groups in total. The molecule has 1 unspecified atom stereocenters. The molecule has 0 bridgehead atoms. The van der Waals surface area contributed by atoms with E-state index in [0.717, 1.165) is 17.3 Å². The molecule has 2 amide bonds. The molecular formula is C18H16FNO4S. The van der Waals surface area contributed by atoms with Gasteiger partial charge in [0, 0.05) is 0 Å². The van der Waals surface area contributed by atoms with Crippen molar-refractivity contribution in [3.05, 3.63) is 65.5 Å². The van der Waals surface area contributed by atoms with E-state index in [1.807, 2.05) is 0 Å². The first-order chi connectivity index (χ1) is 12.0. The lowest BCUT2D eigenvalue weighted by atomic mass is 10.1. The van der Waals surface area contributed by atoms with E-state index in [1.165, 1.54) is 18.2 Å². The Bertz CT molecular complexity index is 781. The van der Waals surface area contributed by atoms with Crippen molar-refractivity contribution in [2.45, 2.75) is 17.8 Å². The Morgan fingerprint density at radius 3 is 2.60 bits per heavy atom. The monoisotopic (exact) mass is 361 g/mol. The summed E-state index contributed by atoms with van der Waals surface area (Å²) < 4.78 is 18.7. The van der Waals surface area contributed by atoms with Gasteiger partial charge in [-0.25, -0.2) is 4.39 Å². The Morgan fingerprint density at radius 1 is 1.20 bits per heavy atom. The average molecular weight is 361 g/mol. The van der Waals surface area contributed by atoms with Gasteiger partial charge in [-0.2, -0.15) is 0 Å². The van der Waals surface area contributed by atoms with Crippen molar-refractivity contribution in [2.75, 3.05) is 6.61 Å². The highest BCUT2D eigenvalue weighted by molar-refractivity contribution is 8.15. The van der Waals surface area contributed by atoms with E-state index in [9.17, 15) is 19.1 Å². The molecule has 0 spiro atoms. The summed E-state index contributed by atoms with van der Waals surface area (Å²) in [6, 6.07) is 12.8. The molecule has 1 fully saturated rings. The third kappa shape index (κ3) is 4.58. The molecule has 0 aromatic heterocycles. The summed E-state index contributed by atoms with van der Waals surface area (Å²) in [4.78, 5) is 22.7. The average Bonchev–Trinajstić information content (AvgIpc) is 2.91. The highest BCUT2D eigenvalue weighted by Gasteiger charge is 2.31. The molecule has 5 nitrogen and oxygen atoms in total. The van der Waals surface area contributed by atoms with Crippen LogP contribution in [0.15, 0.2) is 48.5 Å². The number of aliphatic hydroxyl groups excluding tert-OH is 1. The number of amides is 2. The first kappa shape index (κ1) is 17.4. The number of ether oxygens (including phenoxy) is 1. The van der Waals surface area contributed by atoms with Crippen molar-refractivity contribution in [1.82, 2.24) is 5.32 Å². The van der Waals surface area contributed by atoms with E-state index in [0.29, 0.717) is 17.7 Å². The minimum Gasteiger partial charge on any atom is -0.491 e. The standard InChI is InChI=1S/C18H16FNO4S/c19-13-3-1-2-12(9-13)15(21)10-24-14-6-4-11(5-7-14)8-16-17(22)20-18(23)25-16/h1-7,9,15-16,21H,8,10H2,(H,20,22,23)/t15-,16?/m1/s1. The van der Waals surface area contributed by atoms with Crippen LogP contribution in [-0.4, -0.2) is 28.1 Å². The molecule has 130 valence electrons. The van der Waals surface area contributed by atoms with Crippen LogP contribution >= 0.6 is 11.8 Å². The van der Waals surface area contributed by atoms with Gasteiger partial charge in [0.1, 0.15) is 24.3 Å². The maximum absolute atomic E-state index is 13.2. The second kappa shape index (κ2) is 7.67. The van der Waals surface area contributed by atoms with Crippen molar-refractivity contribution in [3.63, 3.8) is 0 Å². The third-order valence-electron chi connectivity index (χ3n) is 3.75. The smallest absolute Gasteiger partial charge is 0.286 e. The summed E-state index contributed by atoms with van der Waals surface area (Å²) in [5.74, 6) is -0.124. The zero-order valence-corrected chi connectivity index (χ0v) is 14.0. The number of carbonyl (C=O) groups excluding carboxylic acids is 2. The van der Waals surface area contributed by atoms with Crippen LogP contribution in [0.5, 0.6) is 5.75 Å². The molecule has 0 saturated carbocycles. The summed E-state index contributed by atoms with van der Waals surface area (Å²) in [7, 11) is 0. The zero-order chi connectivity index (χ0) is 17.8. The second-order valence-corrected chi connectivity index (χ2v) is 6.79. The third-order valence-corrected chi connectivity index (χ3v) is 4.73. The molecule has 2 atom stereocenters. The van der Waals surface area contributed by atoms with Gasteiger partial charge in [-0.15, -0.1) is 0 Å². The highest BCUT2D eigenvalue weighted by Crippen LogP contribution is 2.24. The molecule has 7 heteroatoms. The number of aliphatic hydroxyl groups is 1. The van der Waals surface area contributed by atoms with E-state index in [-0.39, 0.29) is 17.8 Å². The minimum absolute atomic E-state index is 0.00180. The van der Waals surface area contributed by atoms with Crippen LogP contribution in [0.25, 0.3) is 0 Å². The Labute approximate surface area is 148 Å². The molecule has 1 heterocycles. The van der Waals surface area contributed by atoms with Crippen LogP contribution in [0.3, 0.4) is 0 Å². The SMILES string of the molecule is O=C1NC(=O)C(Cc2ccc(OC[C@@H](O)c3cccc(F)c3)cc2)S1. The Balaban J connectivity index is 1.54. The molecule has 1 aliphatic rings. The lowest BCUT2D eigenvalue weighted by molar-refractivity contribution is -0.118. The number of nitrogens with one attached hydrogen (secondary N) is 1. The lowest BCUT2D eigenvalue weighted by Gasteiger charge is -2.13. The fourth-order valence-electron chi connectivity index (χ4n) is 2.45. The van der Waals surface area contributed by atoms with Crippen LogP contribution in [-0.2, 0) is 11.2 Å². The first-order valence-corrected chi connectivity index (χ1v) is 8.56. The van der Waals surface area contributed by atoms with Gasteiger partial charge in [0.2, 0.25) is 5.91 Å². The van der Waals surface area contributed by atoms with Crippen molar-refractivity contribution < 1.29 is 23.8 Å². The molecule has 1 aliphatic heterocycles. The topological polar surface area (TPSA) is 75.6 Å². The van der Waals surface area contributed by atoms with Crippen molar-refractivity contribution in [1.29, 1.82) is 0 Å². The van der Waals surface area contributed by atoms with Gasteiger partial charge in [-0.1, -0.05) is 36.0 Å². The number of benzene rings is 2. The molecule has 3 rings (SSSR count). The van der Waals surface area contributed by atoms with Crippen LogP contribution in [0.2, 0.25) is 0 Å². The number of hydrogen-bond donors (Lipinski definition) is 2. The van der Waals surface area contributed by atoms with E-state index in [2.05, 4.69) is 5.32 Å². The van der Waals surface area contributed by atoms with Gasteiger partial charge in [0.05, 0.1) is 5.25 Å². The summed E-state index contributed by atoms with van der Waals surface area (Å²) in [6.07, 6.45) is -0.478. The molecular weight excluding hydrogens is 345 g/mol. The Kier molecular flexibility index (Phi) is 5.35. The van der Waals surface area contributed by atoms with Crippen molar-refractivity contribution in [2.24, 2.45) is 0 Å². The van der Waals surface area contributed by atoms with Crippen LogP contribution < -0.4 is 10.1 Å². The number of thioether (sulfide) groups is 1. The predicted molar refractivity (Wildman–Crippen MR) is 91.9 cm³/mol. The van der Waals surface area contributed by atoms with Crippen LogP contribution in [0.4, 0.5) is 9.18 Å². The molecule has 0 aliphatic carbocycles. The molecule has 1 saturated heterocycles. The molecule has 2 aromatic carbocycles. The van der Waals surface area contributed by atoms with E-state index in [1.54, 1.807) is 30.3 Å². The van der Waals surface area contributed by atoms with E-state index in [4.69, 9.17) is 4.74 Å². The number of halogens is 1. The lowest BCUT2D eigenvalue weighted by Crippen LogP contribution is -2.25. The fraction of sp³-hybridized carbons (Fsp3) is 0.222. The summed E-state index contributed by atoms with van der Waals surface area (Å²) in [5, 5.41) is 11.6. The zero-order valence-electron chi connectivity index (χ0n) is 13.1. The van der Waals surface area contributed by atoms with Gasteiger partial charge in [-0.05, 0) is 41.8 Å². The quantitative estimate of drug-likeness (QED) is 0.827. The largest absolute Gasteiger partial charge is 0.491 e. The Hall–Kier alpha value is -2.38. The number of imide groups is 1. The van der Waals surface area contributed by atoms with Crippen LogP contribution in [0.1, 0.15) is 17.2 Å². The summed E-state index contributed by atoms with van der Waals surface area (Å²) in [5.41, 5.74) is 1.35.